The van der Waals surface area contributed by atoms with E-state index in [1.54, 1.807) is 0 Å². The molecule has 0 aromatic rings. The Morgan fingerprint density at radius 2 is 2.33 bits per heavy atom. The van der Waals surface area contributed by atoms with Crippen molar-refractivity contribution in [2.45, 2.75) is 0 Å². The molecule has 0 saturated carbocycles. The van der Waals surface area contributed by atoms with Gasteiger partial charge >= 0.3 is 5.97 Å². The number of carboxylic acid groups (broad SMARTS) is 1. The smallest absolute Gasteiger partial charge is 0.354 e. The number of nitrogens with zero attached hydrogens (tertiary/aromatic N) is 1. The molecule has 6 heteroatoms. The second-order valence-corrected chi connectivity index (χ2v) is 2.43. The van der Waals surface area contributed by atoms with Gasteiger partial charge in [-0.3, -0.25) is 4.79 Å². The minimum atomic E-state index is -1.21. The minimum absolute atomic E-state index is 0.168. The number of carbonyl (C=O) groups is 2. The van der Waals surface area contributed by atoms with Crippen LogP contribution in [0.3, 0.4) is 0 Å². The number of likely N-dealkylation sites (N-methyl/N-ethyl adjacent to an activating group) is 1. The van der Waals surface area contributed by atoms with Crippen molar-refractivity contribution in [2.24, 2.45) is 5.73 Å². The van der Waals surface area contributed by atoms with E-state index in [0.717, 1.165) is 0 Å². The molecule has 1 heterocycles. The first-order chi connectivity index (χ1) is 5.54. The predicted octanol–water partition coefficient (Wildman–Crippen LogP) is -1.74. The van der Waals surface area contributed by atoms with Gasteiger partial charge < -0.3 is 21.1 Å². The van der Waals surface area contributed by atoms with E-state index in [2.05, 4.69) is 5.32 Å². The van der Waals surface area contributed by atoms with Gasteiger partial charge in [0, 0.05) is 7.05 Å². The molecule has 1 rings (SSSR count). The van der Waals surface area contributed by atoms with Crippen molar-refractivity contribution in [1.29, 1.82) is 0 Å². The number of carbonyl (C=O) groups excluding carboxylic acids is 1. The van der Waals surface area contributed by atoms with Crippen molar-refractivity contribution < 1.29 is 14.7 Å². The zero-order valence-electron chi connectivity index (χ0n) is 6.50. The monoisotopic (exact) mass is 171 g/mol. The second-order valence-electron chi connectivity index (χ2n) is 2.43. The standard InChI is InChI=1S/C6H9N3O3/c1-9-2-8-4(6(11)12)3(7)5(9)10/h8H,2,7H2,1H3,(H,11,12). The summed E-state index contributed by atoms with van der Waals surface area (Å²) in [5.41, 5.74) is 4.78. The summed E-state index contributed by atoms with van der Waals surface area (Å²) in [4.78, 5) is 22.8. The van der Waals surface area contributed by atoms with Crippen LogP contribution in [0, 0.1) is 0 Å². The van der Waals surface area contributed by atoms with E-state index < -0.39 is 11.9 Å². The molecule has 0 spiro atoms. The molecule has 0 bridgehead atoms. The molecule has 0 aromatic carbocycles. The number of rotatable bonds is 1. The van der Waals surface area contributed by atoms with E-state index in [0.29, 0.717) is 0 Å². The van der Waals surface area contributed by atoms with Gasteiger partial charge in [-0.15, -0.1) is 0 Å². The van der Waals surface area contributed by atoms with Gasteiger partial charge in [0.15, 0.2) is 5.70 Å². The summed E-state index contributed by atoms with van der Waals surface area (Å²) in [6.45, 7) is 0.168. The Bertz CT molecular complexity index is 271. The molecule has 1 aliphatic heterocycles. The molecular weight excluding hydrogens is 162 g/mol. The highest BCUT2D eigenvalue weighted by Crippen LogP contribution is 2.04. The minimum Gasteiger partial charge on any atom is -0.477 e. The molecular formula is C6H9N3O3. The van der Waals surface area contributed by atoms with Crippen LogP contribution in [-0.4, -0.2) is 35.6 Å². The third-order valence-electron chi connectivity index (χ3n) is 1.55. The average molecular weight is 171 g/mol. The van der Waals surface area contributed by atoms with Crippen molar-refractivity contribution in [2.75, 3.05) is 13.7 Å². The van der Waals surface area contributed by atoms with Gasteiger partial charge in [0.1, 0.15) is 5.70 Å². The molecule has 0 aromatic heterocycles. The highest BCUT2D eigenvalue weighted by Gasteiger charge is 2.25. The van der Waals surface area contributed by atoms with Gasteiger partial charge in [-0.2, -0.15) is 0 Å². The Hall–Kier alpha value is -1.72. The molecule has 0 fully saturated rings. The molecule has 0 unspecified atom stereocenters. The van der Waals surface area contributed by atoms with E-state index >= 15 is 0 Å². The maximum Gasteiger partial charge on any atom is 0.354 e. The fraction of sp³-hybridized carbons (Fsp3) is 0.333. The Morgan fingerprint density at radius 3 is 2.83 bits per heavy atom. The molecule has 1 aliphatic rings. The van der Waals surface area contributed by atoms with Gasteiger partial charge in [0.05, 0.1) is 6.67 Å². The SMILES string of the molecule is CN1CNC(C(=O)O)=C(N)C1=O. The lowest BCUT2D eigenvalue weighted by Crippen LogP contribution is -2.46. The fourth-order valence-electron chi connectivity index (χ4n) is 0.868. The zero-order valence-corrected chi connectivity index (χ0v) is 6.50. The van der Waals surface area contributed by atoms with Crippen molar-refractivity contribution in [3.05, 3.63) is 11.4 Å². The summed E-state index contributed by atoms with van der Waals surface area (Å²) in [6.07, 6.45) is 0. The first-order valence-electron chi connectivity index (χ1n) is 3.26. The third-order valence-corrected chi connectivity index (χ3v) is 1.55. The van der Waals surface area contributed by atoms with Gasteiger partial charge in [0.2, 0.25) is 0 Å². The van der Waals surface area contributed by atoms with Crippen molar-refractivity contribution in [1.82, 2.24) is 10.2 Å². The van der Waals surface area contributed by atoms with Crippen LogP contribution in [0.1, 0.15) is 0 Å². The van der Waals surface area contributed by atoms with E-state index in [1.807, 2.05) is 0 Å². The largest absolute Gasteiger partial charge is 0.477 e. The Balaban J connectivity index is 3.01. The Kier molecular flexibility index (Phi) is 1.90. The summed E-state index contributed by atoms with van der Waals surface area (Å²) < 4.78 is 0. The van der Waals surface area contributed by atoms with Gasteiger partial charge in [0.25, 0.3) is 5.91 Å². The van der Waals surface area contributed by atoms with Gasteiger partial charge in [-0.1, -0.05) is 0 Å². The number of nitrogens with one attached hydrogen (secondary N) is 1. The van der Waals surface area contributed by atoms with Gasteiger partial charge in [-0.05, 0) is 0 Å². The highest BCUT2D eigenvalue weighted by atomic mass is 16.4. The van der Waals surface area contributed by atoms with E-state index in [-0.39, 0.29) is 18.1 Å². The molecule has 6 nitrogen and oxygen atoms in total. The summed E-state index contributed by atoms with van der Waals surface area (Å²) in [5.74, 6) is -1.68. The average Bonchev–Trinajstić information content (AvgIpc) is 2.00. The number of nitrogens with two attached hydrogens (primary N) is 1. The number of hydrogen-bond donors (Lipinski definition) is 3. The number of aliphatic carboxylic acids is 1. The topological polar surface area (TPSA) is 95.7 Å². The highest BCUT2D eigenvalue weighted by molar-refractivity contribution is 6.02. The third kappa shape index (κ3) is 1.18. The second kappa shape index (κ2) is 2.72. The maximum atomic E-state index is 11.1. The molecule has 0 radical (unpaired) electrons. The van der Waals surface area contributed by atoms with Crippen LogP contribution in [-0.2, 0) is 9.59 Å². The molecule has 1 amide bonds. The summed E-state index contributed by atoms with van der Waals surface area (Å²) in [7, 11) is 1.53. The number of hydrogen-bond acceptors (Lipinski definition) is 4. The van der Waals surface area contributed by atoms with Crippen molar-refractivity contribution in [3.63, 3.8) is 0 Å². The predicted molar refractivity (Wildman–Crippen MR) is 39.6 cm³/mol. The van der Waals surface area contributed by atoms with Crippen LogP contribution in [0.5, 0.6) is 0 Å². The Labute approximate surface area is 68.6 Å². The molecule has 0 atom stereocenters. The lowest BCUT2D eigenvalue weighted by Gasteiger charge is -2.24. The fourth-order valence-corrected chi connectivity index (χ4v) is 0.868. The summed E-state index contributed by atoms with van der Waals surface area (Å²) in [6, 6.07) is 0. The van der Waals surface area contributed by atoms with E-state index in [1.165, 1.54) is 11.9 Å². The first kappa shape index (κ1) is 8.38. The lowest BCUT2D eigenvalue weighted by atomic mass is 10.2. The Morgan fingerprint density at radius 1 is 1.75 bits per heavy atom. The van der Waals surface area contributed by atoms with Gasteiger partial charge in [-0.25, -0.2) is 4.79 Å². The molecule has 0 saturated heterocycles. The lowest BCUT2D eigenvalue weighted by molar-refractivity contribution is -0.135. The van der Waals surface area contributed by atoms with Crippen LogP contribution in [0.25, 0.3) is 0 Å². The quantitative estimate of drug-likeness (QED) is 0.435. The maximum absolute atomic E-state index is 11.1. The summed E-state index contributed by atoms with van der Waals surface area (Å²) in [5, 5.41) is 11.1. The van der Waals surface area contributed by atoms with E-state index in [9.17, 15) is 9.59 Å². The molecule has 4 N–H and O–H groups in total. The molecule has 66 valence electrons. The van der Waals surface area contributed by atoms with Crippen LogP contribution in [0.2, 0.25) is 0 Å². The van der Waals surface area contributed by atoms with Crippen LogP contribution < -0.4 is 11.1 Å². The number of amides is 1. The summed E-state index contributed by atoms with van der Waals surface area (Å²) >= 11 is 0. The van der Waals surface area contributed by atoms with Crippen LogP contribution >= 0.6 is 0 Å². The normalized spacial score (nSPS) is 17.8. The molecule has 12 heavy (non-hydrogen) atoms. The first-order valence-corrected chi connectivity index (χ1v) is 3.26. The van der Waals surface area contributed by atoms with Crippen LogP contribution in [0.4, 0.5) is 0 Å². The van der Waals surface area contributed by atoms with Crippen molar-refractivity contribution in [3.8, 4) is 0 Å². The molecule has 0 aliphatic carbocycles. The van der Waals surface area contributed by atoms with Crippen molar-refractivity contribution >= 4 is 11.9 Å². The zero-order chi connectivity index (χ0) is 9.30. The number of carboxylic acids is 1. The van der Waals surface area contributed by atoms with E-state index in [4.69, 9.17) is 10.8 Å². The van der Waals surface area contributed by atoms with Crippen LogP contribution in [0.15, 0.2) is 11.4 Å².